The molecule has 2 aromatic rings. The highest BCUT2D eigenvalue weighted by molar-refractivity contribution is 7.97. The van der Waals surface area contributed by atoms with Gasteiger partial charge in [-0.3, -0.25) is 13.9 Å². The molecular formula is C11H14N2O2S2. The molecule has 0 aliphatic carbocycles. The summed E-state index contributed by atoms with van der Waals surface area (Å²) >= 11 is 3.17. The molecule has 92 valence electrons. The summed E-state index contributed by atoms with van der Waals surface area (Å²) in [5, 5.41) is 0. The average molecular weight is 270 g/mol. The Kier molecular flexibility index (Phi) is 3.18. The van der Waals surface area contributed by atoms with Crippen molar-refractivity contribution in [2.75, 3.05) is 6.26 Å². The largest absolute Gasteiger partial charge is 0.330 e. The molecule has 6 heteroatoms. The van der Waals surface area contributed by atoms with Crippen LogP contribution in [0.15, 0.2) is 9.59 Å². The Hall–Kier alpha value is -1.01. The fourth-order valence-electron chi connectivity index (χ4n) is 1.94. The fraction of sp³-hybridized carbons (Fsp3) is 0.455. The van der Waals surface area contributed by atoms with Crippen molar-refractivity contribution >= 4 is 33.3 Å². The van der Waals surface area contributed by atoms with Gasteiger partial charge in [-0.15, -0.1) is 11.3 Å². The first-order valence-electron chi connectivity index (χ1n) is 5.16. The zero-order valence-electron chi connectivity index (χ0n) is 10.2. The second-order valence-corrected chi connectivity index (χ2v) is 6.04. The molecule has 0 spiro atoms. The van der Waals surface area contributed by atoms with E-state index in [9.17, 15) is 9.59 Å². The van der Waals surface area contributed by atoms with Gasteiger partial charge >= 0.3 is 5.69 Å². The topological polar surface area (TPSA) is 44.0 Å². The van der Waals surface area contributed by atoms with Gasteiger partial charge in [-0.1, -0.05) is 0 Å². The third kappa shape index (κ3) is 1.75. The summed E-state index contributed by atoms with van der Waals surface area (Å²) in [5.41, 5.74) is 1.45. The summed E-state index contributed by atoms with van der Waals surface area (Å²) in [5.74, 6) is 0.826. The summed E-state index contributed by atoms with van der Waals surface area (Å²) in [6.07, 6.45) is 2.02. The van der Waals surface area contributed by atoms with Crippen molar-refractivity contribution < 1.29 is 0 Å². The molecule has 2 rings (SSSR count). The number of thioether (sulfide) groups is 1. The van der Waals surface area contributed by atoms with Crippen molar-refractivity contribution in [3.8, 4) is 0 Å². The molecule has 0 atom stereocenters. The maximum absolute atomic E-state index is 12.0. The van der Waals surface area contributed by atoms with Crippen molar-refractivity contribution in [3.05, 3.63) is 31.3 Å². The first-order chi connectivity index (χ1) is 7.99. The zero-order chi connectivity index (χ0) is 12.7. The summed E-state index contributed by atoms with van der Waals surface area (Å²) < 4.78 is 3.42. The molecule has 0 aliphatic heterocycles. The molecule has 0 saturated carbocycles. The van der Waals surface area contributed by atoms with E-state index in [1.807, 2.05) is 13.2 Å². The van der Waals surface area contributed by atoms with Crippen LogP contribution in [0.25, 0.3) is 10.2 Å². The van der Waals surface area contributed by atoms with Gasteiger partial charge in [-0.2, -0.15) is 11.8 Å². The molecule has 0 amide bonds. The van der Waals surface area contributed by atoms with E-state index in [2.05, 4.69) is 0 Å². The third-order valence-electron chi connectivity index (χ3n) is 2.88. The molecule has 0 radical (unpaired) electrons. The van der Waals surface area contributed by atoms with E-state index in [0.29, 0.717) is 4.70 Å². The Morgan fingerprint density at radius 2 is 1.88 bits per heavy atom. The third-order valence-corrected chi connectivity index (χ3v) is 4.58. The molecule has 0 aliphatic rings. The van der Waals surface area contributed by atoms with Crippen molar-refractivity contribution in [2.24, 2.45) is 14.1 Å². The molecule has 17 heavy (non-hydrogen) atoms. The molecule has 0 saturated heterocycles. The van der Waals surface area contributed by atoms with Crippen molar-refractivity contribution in [2.45, 2.75) is 12.7 Å². The van der Waals surface area contributed by atoms with Crippen LogP contribution in [0.3, 0.4) is 0 Å². The number of nitrogens with zero attached hydrogens (tertiary/aromatic N) is 2. The van der Waals surface area contributed by atoms with Crippen LogP contribution in [0.5, 0.6) is 0 Å². The summed E-state index contributed by atoms with van der Waals surface area (Å²) in [4.78, 5) is 25.0. The van der Waals surface area contributed by atoms with Gasteiger partial charge in [0.2, 0.25) is 0 Å². The number of aryl methyl sites for hydroxylation is 2. The van der Waals surface area contributed by atoms with E-state index < -0.39 is 0 Å². The number of fused-ring (bicyclic) bond motifs is 1. The molecule has 0 N–H and O–H groups in total. The van der Waals surface area contributed by atoms with E-state index in [1.165, 1.54) is 23.0 Å². The van der Waals surface area contributed by atoms with Crippen LogP contribution in [0.1, 0.15) is 10.4 Å². The lowest BCUT2D eigenvalue weighted by Crippen LogP contribution is -2.36. The van der Waals surface area contributed by atoms with Gasteiger partial charge in [-0.25, -0.2) is 4.79 Å². The van der Waals surface area contributed by atoms with Crippen molar-refractivity contribution in [1.82, 2.24) is 9.13 Å². The predicted octanol–water partition coefficient (Wildman–Crippen LogP) is 1.47. The number of hydrogen-bond acceptors (Lipinski definition) is 4. The van der Waals surface area contributed by atoms with Crippen LogP contribution in [-0.2, 0) is 19.8 Å². The van der Waals surface area contributed by atoms with Gasteiger partial charge in [0.05, 0.1) is 5.52 Å². The second kappa shape index (κ2) is 4.34. The van der Waals surface area contributed by atoms with E-state index in [-0.39, 0.29) is 11.2 Å². The molecule has 2 heterocycles. The van der Waals surface area contributed by atoms with Crippen LogP contribution in [0.2, 0.25) is 0 Å². The Bertz CT molecular complexity index is 694. The smallest absolute Gasteiger partial charge is 0.295 e. The first-order valence-corrected chi connectivity index (χ1v) is 7.37. The number of thiophene rings is 1. The van der Waals surface area contributed by atoms with Crippen LogP contribution < -0.4 is 11.2 Å². The Morgan fingerprint density at radius 3 is 2.47 bits per heavy atom. The molecule has 0 bridgehead atoms. The molecular weight excluding hydrogens is 256 g/mol. The van der Waals surface area contributed by atoms with E-state index in [1.54, 1.807) is 23.4 Å². The zero-order valence-corrected chi connectivity index (χ0v) is 11.9. The van der Waals surface area contributed by atoms with Gasteiger partial charge < -0.3 is 0 Å². The maximum Gasteiger partial charge on any atom is 0.330 e. The van der Waals surface area contributed by atoms with Crippen LogP contribution in [-0.4, -0.2) is 15.4 Å². The summed E-state index contributed by atoms with van der Waals surface area (Å²) in [6.45, 7) is 2.00. The van der Waals surface area contributed by atoms with Gasteiger partial charge in [0.15, 0.2) is 0 Å². The van der Waals surface area contributed by atoms with Gasteiger partial charge in [0.1, 0.15) is 4.70 Å². The average Bonchev–Trinajstić information content (AvgIpc) is 2.62. The lowest BCUT2D eigenvalue weighted by molar-refractivity contribution is 0.714. The summed E-state index contributed by atoms with van der Waals surface area (Å²) in [6, 6.07) is 0. The second-order valence-electron chi connectivity index (χ2n) is 3.95. The minimum absolute atomic E-state index is 0.191. The van der Waals surface area contributed by atoms with Crippen molar-refractivity contribution in [3.63, 3.8) is 0 Å². The monoisotopic (exact) mass is 270 g/mol. The number of aromatic nitrogens is 2. The van der Waals surface area contributed by atoms with E-state index in [0.717, 1.165) is 21.7 Å². The summed E-state index contributed by atoms with van der Waals surface area (Å²) in [7, 11) is 3.24. The highest BCUT2D eigenvalue weighted by atomic mass is 32.2. The lowest BCUT2D eigenvalue weighted by atomic mass is 10.2. The molecule has 0 aromatic carbocycles. The SMILES string of the molecule is CSCc1c(C)sc2c(=O)n(C)c(=O)n(C)c12. The van der Waals surface area contributed by atoms with Crippen LogP contribution in [0, 0.1) is 6.92 Å². The Morgan fingerprint density at radius 1 is 1.24 bits per heavy atom. The maximum atomic E-state index is 12.0. The quantitative estimate of drug-likeness (QED) is 0.830. The molecule has 4 nitrogen and oxygen atoms in total. The predicted molar refractivity (Wildman–Crippen MR) is 74.3 cm³/mol. The molecule has 0 unspecified atom stereocenters. The first kappa shape index (κ1) is 12.4. The molecule has 2 aromatic heterocycles. The molecule has 0 fully saturated rings. The normalized spacial score (nSPS) is 11.3. The minimum atomic E-state index is -0.261. The van der Waals surface area contributed by atoms with Gasteiger partial charge in [0, 0.05) is 30.3 Å². The van der Waals surface area contributed by atoms with Crippen molar-refractivity contribution in [1.29, 1.82) is 0 Å². The fourth-order valence-corrected chi connectivity index (χ4v) is 3.85. The van der Waals surface area contributed by atoms with Crippen LogP contribution in [0.4, 0.5) is 0 Å². The van der Waals surface area contributed by atoms with Gasteiger partial charge in [-0.05, 0) is 13.2 Å². The highest BCUT2D eigenvalue weighted by Crippen LogP contribution is 2.29. The Labute approximate surface area is 107 Å². The van der Waals surface area contributed by atoms with Gasteiger partial charge in [0.25, 0.3) is 5.56 Å². The van der Waals surface area contributed by atoms with Crippen LogP contribution >= 0.6 is 23.1 Å². The van der Waals surface area contributed by atoms with E-state index in [4.69, 9.17) is 0 Å². The number of hydrogen-bond donors (Lipinski definition) is 0. The van der Waals surface area contributed by atoms with E-state index >= 15 is 0 Å². The number of rotatable bonds is 2. The lowest BCUT2D eigenvalue weighted by Gasteiger charge is -2.06. The Balaban J connectivity index is 3.02. The highest BCUT2D eigenvalue weighted by Gasteiger charge is 2.16. The minimum Gasteiger partial charge on any atom is -0.295 e. The standard InChI is InChI=1S/C11H14N2O2S2/c1-6-7(5-16-4)8-9(17-6)10(14)13(3)11(15)12(8)2/h5H2,1-4H3.